The topological polar surface area (TPSA) is 0 Å². The maximum absolute atomic E-state index is 3.45. The molecule has 0 fully saturated rings. The molecule has 0 radical (unpaired) electrons. The Bertz CT molecular complexity index is 274. The van der Waals surface area contributed by atoms with E-state index < -0.39 is 0 Å². The molecule has 13 heavy (non-hydrogen) atoms. The van der Waals surface area contributed by atoms with Gasteiger partial charge in [0.1, 0.15) is 0 Å². The van der Waals surface area contributed by atoms with Crippen molar-refractivity contribution >= 4 is 5.57 Å². The fourth-order valence-corrected chi connectivity index (χ4v) is 1.64. The maximum atomic E-state index is 3.45. The van der Waals surface area contributed by atoms with Crippen LogP contribution in [0.5, 0.6) is 0 Å². The molecule has 0 amide bonds. The SMILES string of the molecule is [C-]1=C(c2ccccc2)CCCC1.[Na+]. The van der Waals surface area contributed by atoms with Crippen molar-refractivity contribution < 1.29 is 29.6 Å². The number of rotatable bonds is 1. The summed E-state index contributed by atoms with van der Waals surface area (Å²) in [5, 5.41) is 0. The van der Waals surface area contributed by atoms with Gasteiger partial charge in [0.25, 0.3) is 0 Å². The molecule has 1 aromatic carbocycles. The summed E-state index contributed by atoms with van der Waals surface area (Å²) >= 11 is 0. The summed E-state index contributed by atoms with van der Waals surface area (Å²) in [4.78, 5) is 0. The van der Waals surface area contributed by atoms with Crippen molar-refractivity contribution in [2.24, 2.45) is 0 Å². The molecule has 0 heterocycles. The van der Waals surface area contributed by atoms with E-state index in [9.17, 15) is 0 Å². The Morgan fingerprint density at radius 2 is 1.77 bits per heavy atom. The molecular weight excluding hydrogens is 167 g/mol. The molecule has 0 aromatic heterocycles. The first-order valence-electron chi connectivity index (χ1n) is 4.62. The fraction of sp³-hybridized carbons (Fsp3) is 0.333. The zero-order valence-electron chi connectivity index (χ0n) is 8.22. The third-order valence-corrected chi connectivity index (χ3v) is 2.31. The van der Waals surface area contributed by atoms with Crippen LogP contribution < -0.4 is 29.6 Å². The predicted octanol–water partition coefficient (Wildman–Crippen LogP) is 0.451. The minimum Gasteiger partial charge on any atom is -0.271 e. The summed E-state index contributed by atoms with van der Waals surface area (Å²) in [5.74, 6) is 0. The third kappa shape index (κ3) is 2.98. The monoisotopic (exact) mass is 180 g/mol. The summed E-state index contributed by atoms with van der Waals surface area (Å²) in [6.45, 7) is 0. The Hall–Kier alpha value is -0.0400. The smallest absolute Gasteiger partial charge is 0.271 e. The van der Waals surface area contributed by atoms with E-state index in [1.165, 1.54) is 30.4 Å². The van der Waals surface area contributed by atoms with Gasteiger partial charge in [-0.15, -0.1) is 18.6 Å². The molecule has 1 aliphatic rings. The van der Waals surface area contributed by atoms with E-state index in [4.69, 9.17) is 0 Å². The largest absolute Gasteiger partial charge is 1.00 e. The molecule has 0 saturated carbocycles. The molecular formula is C12H13Na. The molecule has 62 valence electrons. The minimum absolute atomic E-state index is 0. The van der Waals surface area contributed by atoms with Crippen LogP contribution in [-0.4, -0.2) is 0 Å². The molecule has 0 saturated heterocycles. The van der Waals surface area contributed by atoms with Gasteiger partial charge in [-0.1, -0.05) is 37.5 Å². The summed E-state index contributed by atoms with van der Waals surface area (Å²) in [7, 11) is 0. The van der Waals surface area contributed by atoms with E-state index in [0.717, 1.165) is 6.42 Å². The maximum Gasteiger partial charge on any atom is 1.00 e. The molecule has 0 spiro atoms. The molecule has 0 bridgehead atoms. The van der Waals surface area contributed by atoms with Gasteiger partial charge in [0.15, 0.2) is 0 Å². The van der Waals surface area contributed by atoms with Crippen molar-refractivity contribution in [2.75, 3.05) is 0 Å². The normalized spacial score (nSPS) is 15.8. The molecule has 0 N–H and O–H groups in total. The first-order chi connectivity index (χ1) is 5.97. The van der Waals surface area contributed by atoms with E-state index >= 15 is 0 Å². The average molecular weight is 180 g/mol. The third-order valence-electron chi connectivity index (χ3n) is 2.31. The van der Waals surface area contributed by atoms with Crippen molar-refractivity contribution in [2.45, 2.75) is 25.7 Å². The van der Waals surface area contributed by atoms with Crippen LogP contribution in [0.15, 0.2) is 30.3 Å². The number of benzene rings is 1. The van der Waals surface area contributed by atoms with Gasteiger partial charge in [0.05, 0.1) is 0 Å². The Kier molecular flexibility index (Phi) is 4.79. The van der Waals surface area contributed by atoms with Crippen LogP contribution in [0.4, 0.5) is 0 Å². The number of hydrogen-bond donors (Lipinski definition) is 0. The van der Waals surface area contributed by atoms with E-state index in [-0.39, 0.29) is 29.6 Å². The molecule has 0 unspecified atom stereocenters. The Morgan fingerprint density at radius 1 is 1.00 bits per heavy atom. The zero-order valence-corrected chi connectivity index (χ0v) is 10.2. The van der Waals surface area contributed by atoms with E-state index in [1.54, 1.807) is 0 Å². The Balaban J connectivity index is 0.000000845. The quantitative estimate of drug-likeness (QED) is 0.435. The first kappa shape index (κ1) is 11.0. The molecule has 0 aliphatic heterocycles. The Morgan fingerprint density at radius 3 is 2.38 bits per heavy atom. The number of allylic oxidation sites excluding steroid dienone is 2. The first-order valence-corrected chi connectivity index (χ1v) is 4.62. The summed E-state index contributed by atoms with van der Waals surface area (Å²) in [6, 6.07) is 10.6. The van der Waals surface area contributed by atoms with Crippen LogP contribution in [0.25, 0.3) is 5.57 Å². The molecule has 0 nitrogen and oxygen atoms in total. The van der Waals surface area contributed by atoms with Gasteiger partial charge in [-0.2, -0.15) is 5.56 Å². The summed E-state index contributed by atoms with van der Waals surface area (Å²) < 4.78 is 0. The standard InChI is InChI=1S/C12H13.Na/c1-3-7-11(8-4-1)12-9-5-2-6-10-12;/h1,3-4,7-8H,2,5-6,9H2;/q-1;+1. The number of hydrogen-bond acceptors (Lipinski definition) is 0. The second kappa shape index (κ2) is 5.64. The molecule has 1 aromatic rings. The van der Waals surface area contributed by atoms with Crippen LogP contribution in [0, 0.1) is 6.08 Å². The van der Waals surface area contributed by atoms with Crippen LogP contribution in [0.3, 0.4) is 0 Å². The Labute approximate surface area is 102 Å². The van der Waals surface area contributed by atoms with Crippen LogP contribution in [0.2, 0.25) is 0 Å². The second-order valence-electron chi connectivity index (χ2n) is 3.23. The summed E-state index contributed by atoms with van der Waals surface area (Å²) in [5.41, 5.74) is 2.78. The van der Waals surface area contributed by atoms with Gasteiger partial charge in [0.2, 0.25) is 0 Å². The van der Waals surface area contributed by atoms with E-state index in [2.05, 4.69) is 36.4 Å². The predicted molar refractivity (Wildman–Crippen MR) is 51.6 cm³/mol. The van der Waals surface area contributed by atoms with Crippen molar-refractivity contribution in [3.8, 4) is 0 Å². The van der Waals surface area contributed by atoms with Crippen LogP contribution >= 0.6 is 0 Å². The second-order valence-corrected chi connectivity index (χ2v) is 3.23. The van der Waals surface area contributed by atoms with Gasteiger partial charge >= 0.3 is 29.6 Å². The summed E-state index contributed by atoms with van der Waals surface area (Å²) in [6.07, 6.45) is 8.45. The molecule has 1 heteroatoms. The van der Waals surface area contributed by atoms with Gasteiger partial charge in [-0.25, -0.2) is 5.57 Å². The van der Waals surface area contributed by atoms with Crippen molar-refractivity contribution in [3.63, 3.8) is 0 Å². The van der Waals surface area contributed by atoms with Crippen LogP contribution in [-0.2, 0) is 0 Å². The average Bonchev–Trinajstić information content (AvgIpc) is 2.21. The van der Waals surface area contributed by atoms with Gasteiger partial charge < -0.3 is 0 Å². The zero-order chi connectivity index (χ0) is 8.23. The van der Waals surface area contributed by atoms with Crippen LogP contribution in [0.1, 0.15) is 31.2 Å². The fourth-order valence-electron chi connectivity index (χ4n) is 1.64. The van der Waals surface area contributed by atoms with Crippen molar-refractivity contribution in [3.05, 3.63) is 42.0 Å². The molecule has 0 atom stereocenters. The van der Waals surface area contributed by atoms with Gasteiger partial charge in [-0.3, -0.25) is 6.08 Å². The van der Waals surface area contributed by atoms with E-state index in [1.807, 2.05) is 0 Å². The van der Waals surface area contributed by atoms with E-state index in [0.29, 0.717) is 0 Å². The van der Waals surface area contributed by atoms with Crippen molar-refractivity contribution in [1.29, 1.82) is 0 Å². The van der Waals surface area contributed by atoms with Gasteiger partial charge in [-0.05, 0) is 0 Å². The molecule has 2 rings (SSSR count). The molecule has 1 aliphatic carbocycles. The van der Waals surface area contributed by atoms with Gasteiger partial charge in [0, 0.05) is 0 Å². The minimum atomic E-state index is 0. The van der Waals surface area contributed by atoms with Crippen molar-refractivity contribution in [1.82, 2.24) is 0 Å².